The van der Waals surface area contributed by atoms with Gasteiger partial charge in [0.05, 0.1) is 0 Å². The number of carbonyl (C=O) groups is 1. The number of nitrogens with one attached hydrogen (secondary N) is 1. The van der Waals surface area contributed by atoms with Gasteiger partial charge < -0.3 is 15.8 Å². The van der Waals surface area contributed by atoms with Gasteiger partial charge in [0, 0.05) is 18.7 Å². The van der Waals surface area contributed by atoms with Gasteiger partial charge in [-0.3, -0.25) is 0 Å². The van der Waals surface area contributed by atoms with E-state index in [0.29, 0.717) is 5.56 Å². The molecule has 4 rings (SSSR count). The summed E-state index contributed by atoms with van der Waals surface area (Å²) in [4.78, 5) is 15.8. The second kappa shape index (κ2) is 8.14. The van der Waals surface area contributed by atoms with Crippen LogP contribution in [0, 0.1) is 5.82 Å². The molecule has 0 radical (unpaired) electrons. The molecule has 2 aromatic carbocycles. The molecule has 1 aliphatic carbocycles. The molecular weight excluding hydrogens is 369 g/mol. The molecule has 6 heteroatoms. The third-order valence-corrected chi connectivity index (χ3v) is 4.91. The van der Waals surface area contributed by atoms with Crippen LogP contribution < -0.4 is 11.1 Å². The minimum atomic E-state index is -0.573. The molecule has 29 heavy (non-hydrogen) atoms. The van der Waals surface area contributed by atoms with Gasteiger partial charge in [-0.05, 0) is 33.9 Å². The number of aromatic nitrogens is 1. The van der Waals surface area contributed by atoms with E-state index in [2.05, 4.69) is 34.6 Å². The first kappa shape index (κ1) is 18.7. The van der Waals surface area contributed by atoms with Gasteiger partial charge in [0.25, 0.3) is 0 Å². The molecule has 1 amide bonds. The SMILES string of the molecule is Nc1ncc(C=CCNC(=O)OCC2c3ccccc3-c3ccccc32)cc1F. The van der Waals surface area contributed by atoms with E-state index in [1.807, 2.05) is 24.3 Å². The van der Waals surface area contributed by atoms with E-state index in [4.69, 9.17) is 10.5 Å². The smallest absolute Gasteiger partial charge is 0.407 e. The highest BCUT2D eigenvalue weighted by Gasteiger charge is 2.28. The quantitative estimate of drug-likeness (QED) is 0.680. The van der Waals surface area contributed by atoms with E-state index in [0.717, 1.165) is 0 Å². The number of amides is 1. The van der Waals surface area contributed by atoms with E-state index in [-0.39, 0.29) is 24.9 Å². The molecule has 0 aliphatic heterocycles. The fourth-order valence-corrected chi connectivity index (χ4v) is 3.54. The Kier molecular flexibility index (Phi) is 5.24. The van der Waals surface area contributed by atoms with Crippen molar-refractivity contribution in [2.45, 2.75) is 5.92 Å². The average Bonchev–Trinajstić information content (AvgIpc) is 3.06. The van der Waals surface area contributed by atoms with Crippen molar-refractivity contribution >= 4 is 18.0 Å². The molecule has 0 spiro atoms. The lowest BCUT2D eigenvalue weighted by Gasteiger charge is -2.14. The Morgan fingerprint density at radius 3 is 2.45 bits per heavy atom. The van der Waals surface area contributed by atoms with Gasteiger partial charge in [-0.2, -0.15) is 0 Å². The van der Waals surface area contributed by atoms with Crippen LogP contribution in [0.2, 0.25) is 0 Å². The number of rotatable bonds is 5. The zero-order chi connectivity index (χ0) is 20.2. The summed E-state index contributed by atoms with van der Waals surface area (Å²) in [5.74, 6) is -0.692. The number of benzene rings is 2. The van der Waals surface area contributed by atoms with Crippen molar-refractivity contribution in [2.24, 2.45) is 0 Å². The zero-order valence-electron chi connectivity index (χ0n) is 15.6. The largest absolute Gasteiger partial charge is 0.449 e. The second-order valence-corrected chi connectivity index (χ2v) is 6.74. The van der Waals surface area contributed by atoms with Crippen molar-refractivity contribution in [1.82, 2.24) is 10.3 Å². The van der Waals surface area contributed by atoms with E-state index in [1.54, 1.807) is 12.2 Å². The van der Waals surface area contributed by atoms with Crippen LogP contribution in [0.5, 0.6) is 0 Å². The van der Waals surface area contributed by atoms with Gasteiger partial charge in [0.2, 0.25) is 0 Å². The molecule has 1 aromatic heterocycles. The van der Waals surface area contributed by atoms with Crippen LogP contribution in [0.4, 0.5) is 15.0 Å². The van der Waals surface area contributed by atoms with Crippen molar-refractivity contribution in [1.29, 1.82) is 0 Å². The molecule has 1 heterocycles. The summed E-state index contributed by atoms with van der Waals surface area (Å²) in [5.41, 5.74) is 10.6. The topological polar surface area (TPSA) is 77.2 Å². The highest BCUT2D eigenvalue weighted by Crippen LogP contribution is 2.44. The van der Waals surface area contributed by atoms with Crippen LogP contribution in [0.1, 0.15) is 22.6 Å². The summed E-state index contributed by atoms with van der Waals surface area (Å²) in [6.07, 6.45) is 4.30. The Balaban J connectivity index is 1.33. The molecule has 146 valence electrons. The first-order valence-electron chi connectivity index (χ1n) is 9.30. The zero-order valence-corrected chi connectivity index (χ0v) is 15.6. The second-order valence-electron chi connectivity index (χ2n) is 6.74. The molecule has 0 saturated carbocycles. The van der Waals surface area contributed by atoms with E-state index in [1.165, 1.54) is 34.5 Å². The van der Waals surface area contributed by atoms with Crippen molar-refractivity contribution in [3.05, 3.63) is 89.4 Å². The minimum absolute atomic E-state index is 0.0209. The number of fused-ring (bicyclic) bond motifs is 3. The monoisotopic (exact) mass is 389 g/mol. The van der Waals surface area contributed by atoms with Crippen LogP contribution in [-0.2, 0) is 4.74 Å². The third kappa shape index (κ3) is 3.96. The van der Waals surface area contributed by atoms with Crippen LogP contribution in [0.3, 0.4) is 0 Å². The Hall–Kier alpha value is -3.67. The maximum Gasteiger partial charge on any atom is 0.407 e. The lowest BCUT2D eigenvalue weighted by Crippen LogP contribution is -2.26. The Labute approximate surface area is 168 Å². The summed E-state index contributed by atoms with van der Waals surface area (Å²) in [7, 11) is 0. The fraction of sp³-hybridized carbons (Fsp3) is 0.130. The number of pyridine rings is 1. The normalized spacial score (nSPS) is 12.6. The van der Waals surface area contributed by atoms with E-state index < -0.39 is 11.9 Å². The molecule has 0 fully saturated rings. The van der Waals surface area contributed by atoms with Crippen molar-refractivity contribution in [3.8, 4) is 11.1 Å². The fourth-order valence-electron chi connectivity index (χ4n) is 3.54. The molecule has 0 saturated heterocycles. The number of anilines is 1. The van der Waals surface area contributed by atoms with Gasteiger partial charge in [0.1, 0.15) is 6.61 Å². The average molecular weight is 389 g/mol. The summed E-state index contributed by atoms with van der Waals surface area (Å²) in [6.45, 7) is 0.513. The Morgan fingerprint density at radius 1 is 1.14 bits per heavy atom. The number of nitrogen functional groups attached to an aromatic ring is 1. The molecule has 1 aliphatic rings. The molecule has 0 atom stereocenters. The third-order valence-electron chi connectivity index (χ3n) is 4.91. The first-order chi connectivity index (χ1) is 14.1. The number of halogens is 1. The lowest BCUT2D eigenvalue weighted by atomic mass is 9.98. The minimum Gasteiger partial charge on any atom is -0.449 e. The summed E-state index contributed by atoms with van der Waals surface area (Å²) in [6, 6.07) is 17.6. The molecule has 0 bridgehead atoms. The molecule has 5 nitrogen and oxygen atoms in total. The number of hydrogen-bond acceptors (Lipinski definition) is 4. The maximum absolute atomic E-state index is 13.4. The molecular formula is C23H20FN3O2. The summed E-state index contributed by atoms with van der Waals surface area (Å²) >= 11 is 0. The molecule has 3 N–H and O–H groups in total. The van der Waals surface area contributed by atoms with Crippen LogP contribution >= 0.6 is 0 Å². The van der Waals surface area contributed by atoms with Gasteiger partial charge >= 0.3 is 6.09 Å². The van der Waals surface area contributed by atoms with Crippen molar-refractivity contribution < 1.29 is 13.9 Å². The van der Waals surface area contributed by atoms with Gasteiger partial charge in [-0.25, -0.2) is 14.2 Å². The first-order valence-corrected chi connectivity index (χ1v) is 9.30. The number of nitrogens with two attached hydrogens (primary N) is 1. The number of alkyl carbamates (subject to hydrolysis) is 1. The molecule has 0 unspecified atom stereocenters. The Morgan fingerprint density at radius 2 is 1.79 bits per heavy atom. The number of hydrogen-bond donors (Lipinski definition) is 2. The van der Waals surface area contributed by atoms with Crippen LogP contribution in [0.15, 0.2) is 66.9 Å². The highest BCUT2D eigenvalue weighted by atomic mass is 19.1. The maximum atomic E-state index is 13.4. The van der Waals surface area contributed by atoms with Gasteiger partial charge in [-0.15, -0.1) is 0 Å². The number of carbonyl (C=O) groups excluding carboxylic acids is 1. The van der Waals surface area contributed by atoms with Crippen molar-refractivity contribution in [2.75, 3.05) is 18.9 Å². The van der Waals surface area contributed by atoms with Crippen molar-refractivity contribution in [3.63, 3.8) is 0 Å². The number of ether oxygens (including phenoxy) is 1. The van der Waals surface area contributed by atoms with E-state index in [9.17, 15) is 9.18 Å². The Bertz CT molecular complexity index is 1040. The van der Waals surface area contributed by atoms with E-state index >= 15 is 0 Å². The summed E-state index contributed by atoms with van der Waals surface area (Å²) in [5, 5.41) is 2.66. The van der Waals surface area contributed by atoms with Crippen LogP contribution in [0.25, 0.3) is 17.2 Å². The van der Waals surface area contributed by atoms with Gasteiger partial charge in [-0.1, -0.05) is 60.7 Å². The number of nitrogens with zero attached hydrogens (tertiary/aromatic N) is 1. The van der Waals surface area contributed by atoms with Gasteiger partial charge in [0.15, 0.2) is 11.6 Å². The lowest BCUT2D eigenvalue weighted by molar-refractivity contribution is 0.144. The summed E-state index contributed by atoms with van der Waals surface area (Å²) < 4.78 is 18.8. The van der Waals surface area contributed by atoms with Crippen LogP contribution in [-0.4, -0.2) is 24.2 Å². The predicted octanol–water partition coefficient (Wildman–Crippen LogP) is 4.35. The molecule has 3 aromatic rings. The standard InChI is InChI=1S/C23H20FN3O2/c24-21-12-15(13-27-22(21)25)6-5-11-26-23(28)29-14-20-18-9-3-1-7-16(18)17-8-2-4-10-19(17)20/h1-10,12-13,20H,11,14H2,(H2,25,27)(H,26,28). The predicted molar refractivity (Wildman–Crippen MR) is 111 cm³/mol. The highest BCUT2D eigenvalue weighted by molar-refractivity contribution is 5.79.